The topological polar surface area (TPSA) is 104 Å². The van der Waals surface area contributed by atoms with E-state index in [0.717, 1.165) is 0 Å². The first-order valence-electron chi connectivity index (χ1n) is 5.91. The van der Waals surface area contributed by atoms with Gasteiger partial charge in [0.2, 0.25) is 10.0 Å². The number of nitrogens with one attached hydrogen (secondary N) is 2. The zero-order valence-electron chi connectivity index (χ0n) is 11.5. The van der Waals surface area contributed by atoms with Crippen LogP contribution in [0.4, 0.5) is 5.69 Å². The third-order valence-corrected chi connectivity index (χ3v) is 4.58. The van der Waals surface area contributed by atoms with Crippen LogP contribution in [0.2, 0.25) is 0 Å². The molecular formula is C11H16N6O2S. The zero-order valence-corrected chi connectivity index (χ0v) is 12.3. The Bertz CT molecular complexity index is 696. The maximum Gasteiger partial charge on any atom is 0.246 e. The van der Waals surface area contributed by atoms with Crippen molar-refractivity contribution in [1.29, 1.82) is 0 Å². The van der Waals surface area contributed by atoms with Crippen LogP contribution in [0.5, 0.6) is 0 Å². The highest BCUT2D eigenvalue weighted by Crippen LogP contribution is 2.22. The van der Waals surface area contributed by atoms with Crippen LogP contribution >= 0.6 is 0 Å². The molecule has 2 aromatic rings. The van der Waals surface area contributed by atoms with Crippen molar-refractivity contribution in [3.63, 3.8) is 0 Å². The van der Waals surface area contributed by atoms with E-state index in [0.29, 0.717) is 17.3 Å². The molecule has 2 N–H and O–H groups in total. The molecule has 0 aliphatic heterocycles. The first-order valence-corrected chi connectivity index (χ1v) is 7.35. The second kappa shape index (κ2) is 5.55. The second-order valence-corrected chi connectivity index (χ2v) is 6.23. The summed E-state index contributed by atoms with van der Waals surface area (Å²) in [7, 11) is -0.517. The van der Waals surface area contributed by atoms with Gasteiger partial charge in [0.15, 0.2) is 5.82 Å². The van der Waals surface area contributed by atoms with E-state index in [1.807, 2.05) is 0 Å². The number of H-pyrrole nitrogens is 1. The van der Waals surface area contributed by atoms with Gasteiger partial charge in [-0.25, -0.2) is 13.4 Å². The van der Waals surface area contributed by atoms with E-state index in [-0.39, 0.29) is 11.4 Å². The number of aryl methyl sites for hydroxylation is 1. The summed E-state index contributed by atoms with van der Waals surface area (Å²) in [6.07, 6.45) is 2.85. The van der Waals surface area contributed by atoms with Gasteiger partial charge in [0, 0.05) is 26.5 Å². The van der Waals surface area contributed by atoms with Gasteiger partial charge in [-0.3, -0.25) is 10.1 Å². The molecule has 9 heteroatoms. The summed E-state index contributed by atoms with van der Waals surface area (Å²) in [6, 6.07) is 1.61. The van der Waals surface area contributed by atoms with Gasteiger partial charge in [-0.1, -0.05) is 0 Å². The van der Waals surface area contributed by atoms with Crippen LogP contribution in [0.3, 0.4) is 0 Å². The first-order chi connectivity index (χ1) is 9.45. The lowest BCUT2D eigenvalue weighted by Crippen LogP contribution is -2.27. The zero-order chi connectivity index (χ0) is 14.8. The van der Waals surface area contributed by atoms with Gasteiger partial charge in [-0.15, -0.1) is 0 Å². The Morgan fingerprint density at radius 1 is 1.45 bits per heavy atom. The number of aromatic nitrogens is 4. The molecule has 2 rings (SSSR count). The molecule has 0 aromatic carbocycles. The highest BCUT2D eigenvalue weighted by Gasteiger charge is 2.25. The van der Waals surface area contributed by atoms with E-state index < -0.39 is 10.0 Å². The Hall–Kier alpha value is -2.00. The Balaban J connectivity index is 2.29. The number of nitrogens with zero attached hydrogens (tertiary/aromatic N) is 4. The minimum Gasteiger partial charge on any atom is -0.387 e. The number of anilines is 1. The third kappa shape index (κ3) is 2.78. The number of hydrogen-bond acceptors (Lipinski definition) is 6. The Labute approximate surface area is 117 Å². The molecule has 0 unspecified atom stereocenters. The molecule has 0 saturated heterocycles. The normalized spacial score (nSPS) is 11.8. The van der Waals surface area contributed by atoms with Crippen molar-refractivity contribution in [2.75, 3.05) is 19.4 Å². The molecule has 2 heterocycles. The number of hydrogen-bond donors (Lipinski definition) is 2. The number of aromatic amines is 1. The predicted octanol–water partition coefficient (Wildman–Crippen LogP) is 0.371. The van der Waals surface area contributed by atoms with Crippen molar-refractivity contribution in [3.8, 4) is 0 Å². The highest BCUT2D eigenvalue weighted by molar-refractivity contribution is 7.89. The SMILES string of the molecule is CNc1ccncc1S(=O)(=O)N(C)Cc1n[nH]c(C)n1. The molecule has 0 spiro atoms. The lowest BCUT2D eigenvalue weighted by atomic mass is 10.4. The number of rotatable bonds is 5. The molecule has 0 fully saturated rings. The molecule has 20 heavy (non-hydrogen) atoms. The van der Waals surface area contributed by atoms with Crippen molar-refractivity contribution in [2.45, 2.75) is 18.4 Å². The minimum absolute atomic E-state index is 0.0880. The molecule has 0 radical (unpaired) electrons. The number of pyridine rings is 1. The standard InChI is InChI=1S/C11H16N6O2S/c1-8-14-11(16-15-8)7-17(3)20(18,19)10-6-13-5-4-9(10)12-2/h4-6H,7H2,1-3H3,(H,12,13)(H,14,15,16). The van der Waals surface area contributed by atoms with Gasteiger partial charge in [0.1, 0.15) is 10.7 Å². The molecule has 0 amide bonds. The molecule has 108 valence electrons. The van der Waals surface area contributed by atoms with Gasteiger partial charge >= 0.3 is 0 Å². The van der Waals surface area contributed by atoms with Gasteiger partial charge < -0.3 is 5.32 Å². The fourth-order valence-corrected chi connectivity index (χ4v) is 2.97. The summed E-state index contributed by atoms with van der Waals surface area (Å²) in [4.78, 5) is 8.09. The van der Waals surface area contributed by atoms with Crippen LogP contribution in [-0.4, -0.2) is 47.0 Å². The smallest absolute Gasteiger partial charge is 0.246 e. The molecule has 0 saturated carbocycles. The maximum absolute atomic E-state index is 12.5. The van der Waals surface area contributed by atoms with Crippen LogP contribution in [-0.2, 0) is 16.6 Å². The first kappa shape index (κ1) is 14.4. The quantitative estimate of drug-likeness (QED) is 0.826. The average molecular weight is 296 g/mol. The largest absolute Gasteiger partial charge is 0.387 e. The molecular weight excluding hydrogens is 280 g/mol. The lowest BCUT2D eigenvalue weighted by Gasteiger charge is -2.17. The fraction of sp³-hybridized carbons (Fsp3) is 0.364. The van der Waals surface area contributed by atoms with Crippen molar-refractivity contribution in [3.05, 3.63) is 30.1 Å². The van der Waals surface area contributed by atoms with Crippen LogP contribution in [0.25, 0.3) is 0 Å². The predicted molar refractivity (Wildman–Crippen MR) is 73.6 cm³/mol. The van der Waals surface area contributed by atoms with Gasteiger partial charge in [0.25, 0.3) is 0 Å². The summed E-state index contributed by atoms with van der Waals surface area (Å²) >= 11 is 0. The number of sulfonamides is 1. The van der Waals surface area contributed by atoms with Crippen LogP contribution < -0.4 is 5.32 Å². The van der Waals surface area contributed by atoms with Crippen molar-refractivity contribution >= 4 is 15.7 Å². The molecule has 0 bridgehead atoms. The summed E-state index contributed by atoms with van der Waals surface area (Å²) in [6.45, 7) is 1.84. The van der Waals surface area contributed by atoms with Gasteiger partial charge in [0.05, 0.1) is 12.2 Å². The van der Waals surface area contributed by atoms with Crippen LogP contribution in [0.1, 0.15) is 11.6 Å². The highest BCUT2D eigenvalue weighted by atomic mass is 32.2. The molecule has 0 aliphatic carbocycles. The maximum atomic E-state index is 12.5. The lowest BCUT2D eigenvalue weighted by molar-refractivity contribution is 0.457. The third-order valence-electron chi connectivity index (χ3n) is 2.75. The van der Waals surface area contributed by atoms with E-state index in [2.05, 4.69) is 25.5 Å². The van der Waals surface area contributed by atoms with Crippen LogP contribution in [0, 0.1) is 6.92 Å². The summed E-state index contributed by atoms with van der Waals surface area (Å²) in [5.41, 5.74) is 0.498. The van der Waals surface area contributed by atoms with E-state index in [9.17, 15) is 8.42 Å². The van der Waals surface area contributed by atoms with Crippen molar-refractivity contribution in [2.24, 2.45) is 0 Å². The second-order valence-electron chi connectivity index (χ2n) is 4.22. The molecule has 0 atom stereocenters. The molecule has 2 aromatic heterocycles. The fourth-order valence-electron chi connectivity index (χ4n) is 1.70. The van der Waals surface area contributed by atoms with E-state index >= 15 is 0 Å². The van der Waals surface area contributed by atoms with E-state index in [1.165, 1.54) is 23.7 Å². The van der Waals surface area contributed by atoms with Crippen LogP contribution in [0.15, 0.2) is 23.4 Å². The minimum atomic E-state index is -3.66. The Morgan fingerprint density at radius 2 is 2.20 bits per heavy atom. The summed E-state index contributed by atoms with van der Waals surface area (Å²) in [5, 5.41) is 9.45. The average Bonchev–Trinajstić information content (AvgIpc) is 2.84. The van der Waals surface area contributed by atoms with E-state index in [4.69, 9.17) is 0 Å². The molecule has 8 nitrogen and oxygen atoms in total. The summed E-state index contributed by atoms with van der Waals surface area (Å²) < 4.78 is 26.2. The summed E-state index contributed by atoms with van der Waals surface area (Å²) in [5.74, 6) is 1.06. The van der Waals surface area contributed by atoms with Crippen molar-refractivity contribution < 1.29 is 8.42 Å². The monoisotopic (exact) mass is 296 g/mol. The Morgan fingerprint density at radius 3 is 2.80 bits per heavy atom. The van der Waals surface area contributed by atoms with Gasteiger partial charge in [-0.2, -0.15) is 9.40 Å². The van der Waals surface area contributed by atoms with Gasteiger partial charge in [-0.05, 0) is 13.0 Å². The Kier molecular flexibility index (Phi) is 4.00. The molecule has 0 aliphatic rings. The van der Waals surface area contributed by atoms with E-state index in [1.54, 1.807) is 20.0 Å². The van der Waals surface area contributed by atoms with Crippen molar-refractivity contribution in [1.82, 2.24) is 24.5 Å².